The normalized spacial score (nSPS) is 12.4. The highest BCUT2D eigenvalue weighted by molar-refractivity contribution is 9.10. The molecule has 3 nitrogen and oxygen atoms in total. The molecule has 0 radical (unpaired) electrons. The number of rotatable bonds is 5. The van der Waals surface area contributed by atoms with Crippen LogP contribution in [-0.4, -0.2) is 17.9 Å². The molecule has 4 rings (SSSR count). The molecule has 0 saturated carbocycles. The van der Waals surface area contributed by atoms with Crippen molar-refractivity contribution in [3.8, 4) is 16.9 Å². The molecule has 0 fully saturated rings. The summed E-state index contributed by atoms with van der Waals surface area (Å²) in [6, 6.07) is 20.1. The maximum atomic E-state index is 13.0. The van der Waals surface area contributed by atoms with Crippen molar-refractivity contribution in [2.45, 2.75) is 11.8 Å². The molecule has 0 spiro atoms. The summed E-state index contributed by atoms with van der Waals surface area (Å²) in [4.78, 5) is 0.635. The first-order valence-corrected chi connectivity index (χ1v) is 11.7. The van der Waals surface area contributed by atoms with E-state index in [2.05, 4.69) is 50.1 Å². The summed E-state index contributed by atoms with van der Waals surface area (Å²) in [6.07, 6.45) is 0. The Morgan fingerprint density at radius 3 is 2.00 bits per heavy atom. The van der Waals surface area contributed by atoms with Gasteiger partial charge in [0.25, 0.3) is 0 Å². The van der Waals surface area contributed by atoms with Crippen LogP contribution >= 0.6 is 31.9 Å². The molecule has 0 N–H and O–H groups in total. The van der Waals surface area contributed by atoms with E-state index in [9.17, 15) is 4.21 Å². The number of hydrogen-bond acceptors (Lipinski definition) is 3. The van der Waals surface area contributed by atoms with Crippen LogP contribution in [0.5, 0.6) is 5.75 Å². The molecule has 29 heavy (non-hydrogen) atoms. The Labute approximate surface area is 188 Å². The number of ether oxygens (including phenoxy) is 1. The fraction of sp³-hybridized carbons (Fsp3) is 0.130. The van der Waals surface area contributed by atoms with Crippen LogP contribution in [0.3, 0.4) is 0 Å². The summed E-state index contributed by atoms with van der Waals surface area (Å²) in [5, 5.41) is 4.13. The second-order valence-electron chi connectivity index (χ2n) is 6.45. The summed E-state index contributed by atoms with van der Waals surface area (Å²) in [5.41, 5.74) is 1.78. The summed E-state index contributed by atoms with van der Waals surface area (Å²) in [6.45, 7) is 2.20. The van der Waals surface area contributed by atoms with Crippen LogP contribution in [0.1, 0.15) is 6.92 Å². The second-order valence-corrected chi connectivity index (χ2v) is 9.43. The van der Waals surface area contributed by atoms with Crippen molar-refractivity contribution in [1.82, 2.24) is 0 Å². The Kier molecular flexibility index (Phi) is 6.06. The zero-order valence-electron chi connectivity index (χ0n) is 15.9. The van der Waals surface area contributed by atoms with Crippen LogP contribution in [0.25, 0.3) is 32.7 Å². The standard InChI is InChI=1S/C23H18Br2O3S/c1-3-28-29(26)21-11-5-15-13-17(25)7-9-19(15)23(21)22-18-8-6-16(24)12-14(18)4-10-20(22)27-2/h4-13H,3H2,1-2H3. The second kappa shape index (κ2) is 8.56. The lowest BCUT2D eigenvalue weighted by atomic mass is 9.93. The molecule has 0 aromatic heterocycles. The predicted molar refractivity (Wildman–Crippen MR) is 127 cm³/mol. The average molecular weight is 534 g/mol. The molecule has 6 heteroatoms. The number of halogens is 2. The van der Waals surface area contributed by atoms with E-state index < -0.39 is 11.1 Å². The van der Waals surface area contributed by atoms with Gasteiger partial charge in [0.2, 0.25) is 0 Å². The van der Waals surface area contributed by atoms with Crippen LogP contribution in [-0.2, 0) is 15.3 Å². The van der Waals surface area contributed by atoms with Gasteiger partial charge in [0.05, 0.1) is 18.6 Å². The SMILES string of the molecule is CCOS(=O)c1ccc2cc(Br)ccc2c1-c1c(OC)ccc2cc(Br)ccc12. The third kappa shape index (κ3) is 3.87. The number of methoxy groups -OCH3 is 1. The van der Waals surface area contributed by atoms with Gasteiger partial charge < -0.3 is 4.74 Å². The van der Waals surface area contributed by atoms with Crippen molar-refractivity contribution in [3.05, 3.63) is 69.6 Å². The minimum Gasteiger partial charge on any atom is -0.496 e. The maximum absolute atomic E-state index is 13.0. The molecule has 0 amide bonds. The number of benzene rings is 4. The van der Waals surface area contributed by atoms with Crippen LogP contribution in [0, 0.1) is 0 Å². The summed E-state index contributed by atoms with van der Waals surface area (Å²) in [5.74, 6) is 0.727. The molecule has 0 aliphatic heterocycles. The fourth-order valence-electron chi connectivity index (χ4n) is 3.56. The summed E-state index contributed by atoms with van der Waals surface area (Å²) in [7, 11) is 1.66. The third-order valence-corrected chi connectivity index (χ3v) is 6.90. The summed E-state index contributed by atoms with van der Waals surface area (Å²) < 4.78 is 26.2. The van der Waals surface area contributed by atoms with E-state index in [0.717, 1.165) is 47.4 Å². The fourth-order valence-corrected chi connectivity index (χ4v) is 5.21. The van der Waals surface area contributed by atoms with Gasteiger partial charge in [-0.3, -0.25) is 4.18 Å². The van der Waals surface area contributed by atoms with Crippen molar-refractivity contribution in [3.63, 3.8) is 0 Å². The largest absolute Gasteiger partial charge is 0.496 e. The van der Waals surface area contributed by atoms with Crippen LogP contribution < -0.4 is 4.74 Å². The molecule has 0 aliphatic carbocycles. The van der Waals surface area contributed by atoms with Crippen LogP contribution in [0.4, 0.5) is 0 Å². The zero-order chi connectivity index (χ0) is 20.5. The molecule has 148 valence electrons. The molecular weight excluding hydrogens is 516 g/mol. The Morgan fingerprint density at radius 1 is 0.828 bits per heavy atom. The van der Waals surface area contributed by atoms with E-state index in [-0.39, 0.29) is 0 Å². The lowest BCUT2D eigenvalue weighted by Gasteiger charge is -2.18. The number of hydrogen-bond donors (Lipinski definition) is 0. The average Bonchev–Trinajstić information content (AvgIpc) is 2.72. The highest BCUT2D eigenvalue weighted by Gasteiger charge is 2.21. The zero-order valence-corrected chi connectivity index (χ0v) is 19.9. The Morgan fingerprint density at radius 2 is 1.41 bits per heavy atom. The predicted octanol–water partition coefficient (Wildman–Crippen LogP) is 7.25. The Bertz CT molecular complexity index is 1250. The van der Waals surface area contributed by atoms with Crippen molar-refractivity contribution < 1.29 is 13.1 Å². The lowest BCUT2D eigenvalue weighted by molar-refractivity contribution is 0.372. The van der Waals surface area contributed by atoms with E-state index in [4.69, 9.17) is 8.92 Å². The van der Waals surface area contributed by atoms with Crippen molar-refractivity contribution >= 4 is 64.5 Å². The molecule has 0 saturated heterocycles. The van der Waals surface area contributed by atoms with Gasteiger partial charge in [-0.15, -0.1) is 0 Å². The van der Waals surface area contributed by atoms with Crippen molar-refractivity contribution in [2.24, 2.45) is 0 Å². The first kappa shape index (κ1) is 20.5. The number of fused-ring (bicyclic) bond motifs is 2. The van der Waals surface area contributed by atoms with Gasteiger partial charge in [0.15, 0.2) is 11.1 Å². The summed E-state index contributed by atoms with van der Waals surface area (Å²) >= 11 is 5.51. The lowest BCUT2D eigenvalue weighted by Crippen LogP contribution is -2.02. The van der Waals surface area contributed by atoms with Crippen molar-refractivity contribution in [2.75, 3.05) is 13.7 Å². The monoisotopic (exact) mass is 532 g/mol. The first-order valence-electron chi connectivity index (χ1n) is 9.07. The van der Waals surface area contributed by atoms with Gasteiger partial charge in [-0.05, 0) is 64.9 Å². The van der Waals surface area contributed by atoms with Gasteiger partial charge in [-0.2, -0.15) is 0 Å². The molecule has 1 unspecified atom stereocenters. The van der Waals surface area contributed by atoms with Gasteiger partial charge in [-0.25, -0.2) is 4.21 Å². The quantitative estimate of drug-likeness (QED) is 0.271. The van der Waals surface area contributed by atoms with Crippen molar-refractivity contribution in [1.29, 1.82) is 0 Å². The first-order chi connectivity index (χ1) is 14.0. The molecule has 0 heterocycles. The van der Waals surface area contributed by atoms with Crippen LogP contribution in [0.15, 0.2) is 74.5 Å². The molecular formula is C23H18Br2O3S. The van der Waals surface area contributed by atoms with E-state index in [0.29, 0.717) is 11.5 Å². The minimum atomic E-state index is -1.59. The minimum absolute atomic E-state index is 0.365. The van der Waals surface area contributed by atoms with E-state index in [1.54, 1.807) is 7.11 Å². The third-order valence-electron chi connectivity index (χ3n) is 4.76. The highest BCUT2D eigenvalue weighted by atomic mass is 79.9. The van der Waals surface area contributed by atoms with Crippen LogP contribution in [0.2, 0.25) is 0 Å². The maximum Gasteiger partial charge on any atom is 0.189 e. The molecule has 0 bridgehead atoms. The smallest absolute Gasteiger partial charge is 0.189 e. The highest BCUT2D eigenvalue weighted by Crippen LogP contribution is 2.44. The van der Waals surface area contributed by atoms with E-state index in [1.807, 2.05) is 49.4 Å². The molecule has 0 aliphatic rings. The van der Waals surface area contributed by atoms with E-state index >= 15 is 0 Å². The van der Waals surface area contributed by atoms with E-state index in [1.165, 1.54) is 0 Å². The molecule has 4 aromatic rings. The molecule has 4 aromatic carbocycles. The van der Waals surface area contributed by atoms with Gasteiger partial charge >= 0.3 is 0 Å². The molecule has 1 atom stereocenters. The van der Waals surface area contributed by atoms with Gasteiger partial charge in [0, 0.05) is 20.1 Å². The van der Waals surface area contributed by atoms with Gasteiger partial charge in [-0.1, -0.05) is 56.1 Å². The van der Waals surface area contributed by atoms with Gasteiger partial charge in [0.1, 0.15) is 5.75 Å². The Balaban J connectivity index is 2.17. The Hall–Kier alpha value is -1.73. The topological polar surface area (TPSA) is 35.5 Å².